The third-order valence-electron chi connectivity index (χ3n) is 0. The molecule has 0 spiro atoms. The summed E-state index contributed by atoms with van der Waals surface area (Å²) >= 11 is 0. The molecule has 0 bridgehead atoms. The summed E-state index contributed by atoms with van der Waals surface area (Å²) < 4.78 is 0. The predicted molar refractivity (Wildman–Crippen MR) is 21.7 cm³/mol. The van der Waals surface area contributed by atoms with Gasteiger partial charge >= 0.3 is 19.5 Å². The second kappa shape index (κ2) is 36.1. The first-order valence-corrected chi connectivity index (χ1v) is 1.68. The molecule has 0 aliphatic rings. The summed E-state index contributed by atoms with van der Waals surface area (Å²) in [6, 6.07) is 0. The molecule has 0 aromatic rings. The first kappa shape index (κ1) is 15.7. The molecule has 0 rings (SSSR count). The van der Waals surface area contributed by atoms with E-state index in [4.69, 9.17) is 9.90 Å². The van der Waals surface area contributed by atoms with Gasteiger partial charge in [0.15, 0.2) is 0 Å². The number of carboxylic acid groups (broad SMARTS) is 1. The molecule has 0 aromatic carbocycles. The van der Waals surface area contributed by atoms with E-state index in [1.165, 1.54) is 0 Å². The van der Waals surface area contributed by atoms with Gasteiger partial charge in [-0.15, -0.1) is 0 Å². The van der Waals surface area contributed by atoms with Crippen LogP contribution in [-0.2, 0) is 24.3 Å². The molecule has 0 saturated carbocycles. The van der Waals surface area contributed by atoms with Crippen LogP contribution in [0.1, 0.15) is 13.3 Å². The molecule has 3 heteroatoms. The first-order valence-electron chi connectivity index (χ1n) is 1.68. The van der Waals surface area contributed by atoms with Gasteiger partial charge in [0.25, 0.3) is 0 Å². The summed E-state index contributed by atoms with van der Waals surface area (Å²) in [4.78, 5) is 8.25. The van der Waals surface area contributed by atoms with Gasteiger partial charge < -0.3 is 16.8 Å². The van der Waals surface area contributed by atoms with Gasteiger partial charge in [0.1, 0.15) is 0 Å². The molecule has 0 aromatic heterocycles. The largest absolute Gasteiger partial charge is 2.00 e. The van der Waals surface area contributed by atoms with E-state index in [1.807, 2.05) is 6.92 Å². The Kier molecular flexibility index (Phi) is 81.0. The number of rotatable bonds is 0. The minimum Gasteiger partial charge on any atom is -0.554 e. The predicted octanol–water partition coefficient (Wildman–Crippen LogP) is -0.406. The Morgan fingerprint density at radius 1 is 1.86 bits per heavy atom. The Morgan fingerprint density at radius 2 is 1.86 bits per heavy atom. The first-order chi connectivity index (χ1) is 2.83. The fourth-order valence-electron chi connectivity index (χ4n) is 0. The Labute approximate surface area is 56.7 Å². The van der Waals surface area contributed by atoms with Crippen LogP contribution in [0.5, 0.6) is 0 Å². The fraction of sp³-hybridized carbons (Fsp3) is 0.500. The van der Waals surface area contributed by atoms with Crippen LogP contribution in [0.2, 0.25) is 0 Å². The molecular formula is C4H8O2Zn. The van der Waals surface area contributed by atoms with E-state index in [-0.39, 0.29) is 19.5 Å². The summed E-state index contributed by atoms with van der Waals surface area (Å²) in [6.45, 7) is 5.00. The van der Waals surface area contributed by atoms with Crippen molar-refractivity contribution < 1.29 is 29.4 Å². The quantitative estimate of drug-likeness (QED) is 0.270. The molecule has 0 amide bonds. The van der Waals surface area contributed by atoms with E-state index in [2.05, 4.69) is 6.92 Å². The minimum absolute atomic E-state index is 0. The van der Waals surface area contributed by atoms with Gasteiger partial charge in [0, 0.05) is 6.47 Å². The van der Waals surface area contributed by atoms with Crippen molar-refractivity contribution in [3.8, 4) is 0 Å². The SMILES string of the molecule is O=C[O-].[CH2-]CC.[Zn+2]. The molecule has 38 valence electrons. The van der Waals surface area contributed by atoms with E-state index in [0.717, 1.165) is 6.42 Å². The van der Waals surface area contributed by atoms with Crippen molar-refractivity contribution >= 4 is 6.47 Å². The summed E-state index contributed by atoms with van der Waals surface area (Å²) in [5.74, 6) is 0. The van der Waals surface area contributed by atoms with Crippen molar-refractivity contribution in [1.29, 1.82) is 0 Å². The third-order valence-corrected chi connectivity index (χ3v) is 0. The summed E-state index contributed by atoms with van der Waals surface area (Å²) in [6.07, 6.45) is 1.00. The van der Waals surface area contributed by atoms with Crippen LogP contribution in [0.3, 0.4) is 0 Å². The molecule has 0 unspecified atom stereocenters. The number of hydrogen-bond donors (Lipinski definition) is 0. The van der Waals surface area contributed by atoms with Crippen LogP contribution >= 0.6 is 0 Å². The summed E-state index contributed by atoms with van der Waals surface area (Å²) in [5.41, 5.74) is 0. The van der Waals surface area contributed by atoms with E-state index in [9.17, 15) is 0 Å². The number of hydrogen-bond acceptors (Lipinski definition) is 2. The topological polar surface area (TPSA) is 40.1 Å². The molecule has 0 atom stereocenters. The molecule has 0 N–H and O–H groups in total. The Bertz CT molecular complexity index is 23.7. The molecule has 0 fully saturated rings. The van der Waals surface area contributed by atoms with Gasteiger partial charge in [0.2, 0.25) is 0 Å². The van der Waals surface area contributed by atoms with Gasteiger partial charge in [-0.05, 0) is 0 Å². The average Bonchev–Trinajstić information content (AvgIpc) is 1.39. The van der Waals surface area contributed by atoms with Crippen LogP contribution in [0.15, 0.2) is 0 Å². The molecule has 2 nitrogen and oxygen atoms in total. The normalized spacial score (nSPS) is 4.29. The maximum absolute atomic E-state index is 8.25. The van der Waals surface area contributed by atoms with E-state index < -0.39 is 6.47 Å². The fourth-order valence-corrected chi connectivity index (χ4v) is 0. The smallest absolute Gasteiger partial charge is 0.554 e. The number of carbonyl (C=O) groups excluding carboxylic acids is 1. The second-order valence-electron chi connectivity index (χ2n) is 0.596. The van der Waals surface area contributed by atoms with E-state index in [0.29, 0.717) is 0 Å². The van der Waals surface area contributed by atoms with Crippen molar-refractivity contribution in [1.82, 2.24) is 0 Å². The van der Waals surface area contributed by atoms with Crippen molar-refractivity contribution in [2.24, 2.45) is 0 Å². The van der Waals surface area contributed by atoms with Gasteiger partial charge in [-0.2, -0.15) is 6.42 Å². The zero-order chi connectivity index (χ0) is 5.41. The van der Waals surface area contributed by atoms with Crippen molar-refractivity contribution in [3.63, 3.8) is 0 Å². The van der Waals surface area contributed by atoms with Crippen LogP contribution in [0.25, 0.3) is 0 Å². The van der Waals surface area contributed by atoms with Gasteiger partial charge in [-0.25, -0.2) is 0 Å². The van der Waals surface area contributed by atoms with Crippen LogP contribution in [-0.4, -0.2) is 6.47 Å². The average molecular weight is 153 g/mol. The Morgan fingerprint density at radius 3 is 1.86 bits per heavy atom. The number of carbonyl (C=O) groups is 1. The molecule has 0 heterocycles. The van der Waals surface area contributed by atoms with Gasteiger partial charge in [0.05, 0.1) is 0 Å². The zero-order valence-electron chi connectivity index (χ0n) is 4.52. The molecule has 0 radical (unpaired) electrons. The summed E-state index contributed by atoms with van der Waals surface area (Å²) in [5, 5.41) is 8.25. The molecule has 0 saturated heterocycles. The molecule has 0 aliphatic heterocycles. The molecule has 7 heavy (non-hydrogen) atoms. The standard InChI is InChI=1S/C3H7.CH2O2.Zn/c1-3-2;2-1-3;/h1,3H2,2H3;1H,(H,2,3);/q-1;;+2/p-1. The Hall–Kier alpha value is 0.0934. The van der Waals surface area contributed by atoms with Crippen molar-refractivity contribution in [2.45, 2.75) is 13.3 Å². The maximum Gasteiger partial charge on any atom is 2.00 e. The van der Waals surface area contributed by atoms with Crippen LogP contribution in [0.4, 0.5) is 0 Å². The van der Waals surface area contributed by atoms with Crippen LogP contribution in [0, 0.1) is 6.92 Å². The van der Waals surface area contributed by atoms with Crippen molar-refractivity contribution in [3.05, 3.63) is 6.92 Å². The van der Waals surface area contributed by atoms with E-state index in [1.54, 1.807) is 0 Å². The van der Waals surface area contributed by atoms with Gasteiger partial charge in [-0.3, -0.25) is 0 Å². The summed E-state index contributed by atoms with van der Waals surface area (Å²) in [7, 11) is 0. The maximum atomic E-state index is 8.25. The second-order valence-corrected chi connectivity index (χ2v) is 0.596. The van der Waals surface area contributed by atoms with E-state index >= 15 is 0 Å². The monoisotopic (exact) mass is 152 g/mol. The van der Waals surface area contributed by atoms with Gasteiger partial charge in [-0.1, -0.05) is 6.92 Å². The zero-order valence-corrected chi connectivity index (χ0v) is 7.48. The van der Waals surface area contributed by atoms with Crippen LogP contribution < -0.4 is 5.11 Å². The molecular weight excluding hydrogens is 145 g/mol. The molecule has 0 aliphatic carbocycles. The third kappa shape index (κ3) is 11700. The minimum atomic E-state index is -0.500. The Balaban J connectivity index is -0.0000000400. The van der Waals surface area contributed by atoms with Crippen molar-refractivity contribution in [2.75, 3.05) is 0 Å².